The molecule has 0 aliphatic carbocycles. The summed E-state index contributed by atoms with van der Waals surface area (Å²) in [4.78, 5) is 53.4. The van der Waals surface area contributed by atoms with Crippen LogP contribution >= 0.6 is 0 Å². The molecule has 11 nitrogen and oxygen atoms in total. The molecule has 2 atom stereocenters. The minimum absolute atomic E-state index is 0.126. The van der Waals surface area contributed by atoms with Crippen molar-refractivity contribution >= 4 is 23.8 Å². The van der Waals surface area contributed by atoms with Crippen LogP contribution in [0, 0.1) is 0 Å². The Morgan fingerprint density at radius 3 is 2.52 bits per heavy atom. The average Bonchev–Trinajstić information content (AvgIpc) is 2.78. The van der Waals surface area contributed by atoms with Gasteiger partial charge in [0.1, 0.15) is 18.0 Å². The number of carboxylic acid groups (broad SMARTS) is 1. The predicted molar refractivity (Wildman–Crippen MR) is 118 cm³/mol. The number of ether oxygens (including phenoxy) is 1. The van der Waals surface area contributed by atoms with Gasteiger partial charge in [-0.2, -0.15) is 0 Å². The molecule has 180 valence electrons. The summed E-state index contributed by atoms with van der Waals surface area (Å²) in [6.45, 7) is 2.68. The number of carbonyl (C=O) groups excluding carboxylic acids is 3. The summed E-state index contributed by atoms with van der Waals surface area (Å²) in [6.07, 6.45) is 0.304. The molecule has 0 saturated carbocycles. The van der Waals surface area contributed by atoms with Crippen molar-refractivity contribution in [2.75, 3.05) is 33.8 Å². The largest absolute Gasteiger partial charge is 0.497 e. The molecule has 0 aromatic heterocycles. The number of urea groups is 1. The summed E-state index contributed by atoms with van der Waals surface area (Å²) >= 11 is 0. The number of hydrogen-bond acceptors (Lipinski definition) is 6. The van der Waals surface area contributed by atoms with E-state index in [1.165, 1.54) is 14.9 Å². The van der Waals surface area contributed by atoms with E-state index in [0.29, 0.717) is 12.3 Å². The summed E-state index contributed by atoms with van der Waals surface area (Å²) in [5.74, 6) is -1.24. The van der Waals surface area contributed by atoms with Gasteiger partial charge in [0.05, 0.1) is 26.6 Å². The van der Waals surface area contributed by atoms with Gasteiger partial charge in [-0.15, -0.1) is 0 Å². The van der Waals surface area contributed by atoms with Crippen LogP contribution in [0.25, 0.3) is 0 Å². The second-order valence-corrected chi connectivity index (χ2v) is 8.20. The second kappa shape index (κ2) is 10.5. The Bertz CT molecular complexity index is 892. The van der Waals surface area contributed by atoms with E-state index in [9.17, 15) is 24.3 Å². The number of nitrogens with zero attached hydrogens (tertiary/aromatic N) is 4. The minimum Gasteiger partial charge on any atom is -0.497 e. The fourth-order valence-electron chi connectivity index (χ4n) is 4.22. The Morgan fingerprint density at radius 2 is 1.91 bits per heavy atom. The maximum atomic E-state index is 13.2. The van der Waals surface area contributed by atoms with Crippen LogP contribution in [0.5, 0.6) is 5.75 Å². The lowest BCUT2D eigenvalue weighted by molar-refractivity contribution is -0.188. The van der Waals surface area contributed by atoms with Crippen LogP contribution in [0.15, 0.2) is 24.3 Å². The Morgan fingerprint density at radius 1 is 1.21 bits per heavy atom. The molecule has 1 aromatic rings. The molecule has 2 saturated heterocycles. The smallest absolute Gasteiger partial charge is 0.334 e. The zero-order chi connectivity index (χ0) is 24.1. The zero-order valence-corrected chi connectivity index (χ0v) is 19.2. The number of carbonyl (C=O) groups is 4. The first kappa shape index (κ1) is 24.3. The number of amides is 4. The molecular formula is C22H31N5O6. The van der Waals surface area contributed by atoms with E-state index in [4.69, 9.17) is 4.74 Å². The molecule has 2 N–H and O–H groups in total. The molecule has 0 bridgehead atoms. The highest BCUT2D eigenvalue weighted by molar-refractivity contribution is 5.93. The number of likely N-dealkylation sites (N-methyl/N-ethyl adjacent to an activating group) is 1. The normalized spacial score (nSPS) is 21.1. The molecule has 0 unspecified atom stereocenters. The topological polar surface area (TPSA) is 123 Å². The van der Waals surface area contributed by atoms with Gasteiger partial charge in [0.15, 0.2) is 0 Å². The number of aliphatic carboxylic acids is 1. The molecule has 3 rings (SSSR count). The van der Waals surface area contributed by atoms with Crippen molar-refractivity contribution in [1.29, 1.82) is 0 Å². The van der Waals surface area contributed by atoms with E-state index < -0.39 is 36.5 Å². The van der Waals surface area contributed by atoms with Crippen LogP contribution < -0.4 is 10.1 Å². The SMILES string of the molecule is CCCCN1C[C@H]2N(C(=O)CN(C)N2C(=O)NCc2ccc(OC)cc2)[C@@H](CC(=O)O)C1=O. The fourth-order valence-corrected chi connectivity index (χ4v) is 4.22. The number of benzene rings is 1. The van der Waals surface area contributed by atoms with Gasteiger partial charge in [-0.05, 0) is 24.1 Å². The standard InChI is InChI=1S/C22H31N5O6/c1-4-5-10-25-13-18-26(17(21(25)31)11-20(29)30)19(28)14-24(2)27(18)22(32)23-12-15-6-8-16(33-3)9-7-15/h6-9,17-18H,4-5,10-14H2,1-3H3,(H,23,32)(H,29,30)/t17-,18-/m0/s1. The summed E-state index contributed by atoms with van der Waals surface area (Å²) in [5, 5.41) is 15.2. The monoisotopic (exact) mass is 461 g/mol. The van der Waals surface area contributed by atoms with Crippen molar-refractivity contribution < 1.29 is 29.0 Å². The number of carboxylic acids is 1. The van der Waals surface area contributed by atoms with Gasteiger partial charge in [-0.3, -0.25) is 14.4 Å². The first-order valence-electron chi connectivity index (χ1n) is 11.0. The highest BCUT2D eigenvalue weighted by Gasteiger charge is 2.51. The predicted octanol–water partition coefficient (Wildman–Crippen LogP) is 0.708. The van der Waals surface area contributed by atoms with Crippen LogP contribution in [0.3, 0.4) is 0 Å². The molecule has 2 aliphatic rings. The molecule has 33 heavy (non-hydrogen) atoms. The van der Waals surface area contributed by atoms with Gasteiger partial charge < -0.3 is 25.0 Å². The lowest BCUT2D eigenvalue weighted by Gasteiger charge is -2.54. The van der Waals surface area contributed by atoms with Crippen LogP contribution in [0.2, 0.25) is 0 Å². The lowest BCUT2D eigenvalue weighted by atomic mass is 10.0. The molecule has 0 radical (unpaired) electrons. The van der Waals surface area contributed by atoms with Crippen LogP contribution in [-0.4, -0.2) is 94.7 Å². The molecular weight excluding hydrogens is 430 g/mol. The number of unbranched alkanes of at least 4 members (excludes halogenated alkanes) is 1. The fraction of sp³-hybridized carbons (Fsp3) is 0.545. The quantitative estimate of drug-likeness (QED) is 0.584. The van der Waals surface area contributed by atoms with E-state index in [2.05, 4.69) is 5.32 Å². The highest BCUT2D eigenvalue weighted by atomic mass is 16.5. The van der Waals surface area contributed by atoms with Crippen molar-refractivity contribution in [2.24, 2.45) is 0 Å². The average molecular weight is 462 g/mol. The zero-order valence-electron chi connectivity index (χ0n) is 19.2. The van der Waals surface area contributed by atoms with E-state index in [-0.39, 0.29) is 25.5 Å². The maximum absolute atomic E-state index is 13.2. The molecule has 1 aromatic carbocycles. The highest BCUT2D eigenvalue weighted by Crippen LogP contribution is 2.27. The van der Waals surface area contributed by atoms with Crippen molar-refractivity contribution in [3.63, 3.8) is 0 Å². The summed E-state index contributed by atoms with van der Waals surface area (Å²) in [5.41, 5.74) is 0.865. The van der Waals surface area contributed by atoms with Crippen molar-refractivity contribution in [3.05, 3.63) is 29.8 Å². The molecule has 0 spiro atoms. The Labute approximate surface area is 192 Å². The number of hydrogen-bond donors (Lipinski definition) is 2. The Kier molecular flexibility index (Phi) is 7.75. The third-order valence-electron chi connectivity index (χ3n) is 5.90. The van der Waals surface area contributed by atoms with Crippen molar-refractivity contribution in [3.8, 4) is 5.75 Å². The first-order valence-corrected chi connectivity index (χ1v) is 11.0. The number of nitrogens with one attached hydrogen (secondary N) is 1. The summed E-state index contributed by atoms with van der Waals surface area (Å²) in [7, 11) is 3.20. The lowest BCUT2D eigenvalue weighted by Crippen LogP contribution is -2.76. The number of piperazine rings is 1. The number of methoxy groups -OCH3 is 1. The maximum Gasteiger partial charge on any atom is 0.334 e. The third-order valence-corrected chi connectivity index (χ3v) is 5.90. The van der Waals surface area contributed by atoms with Crippen LogP contribution in [-0.2, 0) is 20.9 Å². The molecule has 4 amide bonds. The van der Waals surface area contributed by atoms with Gasteiger partial charge >= 0.3 is 12.0 Å². The van der Waals surface area contributed by atoms with Crippen LogP contribution in [0.4, 0.5) is 4.79 Å². The number of hydrazine groups is 1. The third kappa shape index (κ3) is 5.36. The Balaban J connectivity index is 1.82. The molecule has 2 heterocycles. The van der Waals surface area contributed by atoms with Gasteiger partial charge in [0, 0.05) is 20.1 Å². The number of fused-ring (bicyclic) bond motifs is 1. The van der Waals surface area contributed by atoms with E-state index in [1.54, 1.807) is 31.2 Å². The Hall–Kier alpha value is -3.34. The van der Waals surface area contributed by atoms with Crippen molar-refractivity contribution in [1.82, 2.24) is 25.1 Å². The molecule has 2 aliphatic heterocycles. The van der Waals surface area contributed by atoms with E-state index in [0.717, 1.165) is 18.4 Å². The summed E-state index contributed by atoms with van der Waals surface area (Å²) < 4.78 is 5.14. The van der Waals surface area contributed by atoms with E-state index in [1.807, 2.05) is 19.1 Å². The van der Waals surface area contributed by atoms with Crippen molar-refractivity contribution in [2.45, 2.75) is 44.9 Å². The second-order valence-electron chi connectivity index (χ2n) is 8.20. The van der Waals surface area contributed by atoms with Gasteiger partial charge in [-0.25, -0.2) is 14.8 Å². The van der Waals surface area contributed by atoms with Crippen LogP contribution in [0.1, 0.15) is 31.7 Å². The molecule has 2 fully saturated rings. The minimum atomic E-state index is -1.17. The molecule has 11 heteroatoms. The van der Waals surface area contributed by atoms with Gasteiger partial charge in [0.25, 0.3) is 0 Å². The first-order chi connectivity index (χ1) is 15.8. The van der Waals surface area contributed by atoms with Gasteiger partial charge in [-0.1, -0.05) is 25.5 Å². The number of rotatable bonds is 8. The summed E-state index contributed by atoms with van der Waals surface area (Å²) in [6, 6.07) is 5.69. The van der Waals surface area contributed by atoms with E-state index >= 15 is 0 Å². The van der Waals surface area contributed by atoms with Gasteiger partial charge in [0.2, 0.25) is 11.8 Å².